The van der Waals surface area contributed by atoms with Gasteiger partial charge in [0.25, 0.3) is 0 Å². The number of amides is 1. The molecule has 2 aliphatic rings. The Labute approximate surface area is 109 Å². The maximum Gasteiger partial charge on any atom is 0.248 e. The molecular formula is C14H23NO3. The molecule has 1 amide bonds. The predicted octanol–water partition coefficient (Wildman–Crippen LogP) is 1.77. The third-order valence-electron chi connectivity index (χ3n) is 4.08. The molecule has 0 unspecified atom stereocenters. The topological polar surface area (TPSA) is 46.6 Å². The fourth-order valence-electron chi connectivity index (χ4n) is 2.68. The van der Waals surface area contributed by atoms with E-state index < -0.39 is 0 Å². The van der Waals surface area contributed by atoms with Crippen LogP contribution < -0.4 is 0 Å². The molecule has 0 aromatic rings. The van der Waals surface area contributed by atoms with E-state index in [-0.39, 0.29) is 24.4 Å². The molecule has 1 saturated carbocycles. The molecule has 0 radical (unpaired) electrons. The lowest BCUT2D eigenvalue weighted by molar-refractivity contribution is -0.141. The molecule has 0 spiro atoms. The van der Waals surface area contributed by atoms with Gasteiger partial charge in [-0.2, -0.15) is 0 Å². The number of carbonyl (C=O) groups excluding carboxylic acids is 2. The van der Waals surface area contributed by atoms with Crippen molar-refractivity contribution in [2.75, 3.05) is 19.7 Å². The number of hydrogen-bond acceptors (Lipinski definition) is 3. The van der Waals surface area contributed by atoms with Gasteiger partial charge in [0, 0.05) is 25.9 Å². The highest BCUT2D eigenvalue weighted by atomic mass is 16.5. The molecule has 102 valence electrons. The minimum Gasteiger partial charge on any atom is -0.368 e. The summed E-state index contributed by atoms with van der Waals surface area (Å²) in [6.07, 6.45) is 5.84. The molecule has 0 aromatic carbocycles. The SMILES string of the molecule is CC1CCC(OCC(=O)N2CCC(=O)CC2)CC1. The lowest BCUT2D eigenvalue weighted by atomic mass is 9.89. The first kappa shape index (κ1) is 13.5. The summed E-state index contributed by atoms with van der Waals surface area (Å²) in [7, 11) is 0. The van der Waals surface area contributed by atoms with Crippen molar-refractivity contribution in [3.8, 4) is 0 Å². The van der Waals surface area contributed by atoms with Crippen molar-refractivity contribution in [3.05, 3.63) is 0 Å². The number of ketones is 1. The summed E-state index contributed by atoms with van der Waals surface area (Å²) in [6.45, 7) is 3.60. The zero-order chi connectivity index (χ0) is 13.0. The van der Waals surface area contributed by atoms with Gasteiger partial charge in [-0.3, -0.25) is 9.59 Å². The Kier molecular flexibility index (Phi) is 4.75. The molecule has 0 N–H and O–H groups in total. The van der Waals surface area contributed by atoms with Crippen LogP contribution in [0.5, 0.6) is 0 Å². The Bertz CT molecular complexity index is 298. The maximum atomic E-state index is 11.9. The van der Waals surface area contributed by atoms with Crippen LogP contribution in [0.3, 0.4) is 0 Å². The summed E-state index contributed by atoms with van der Waals surface area (Å²) >= 11 is 0. The summed E-state index contributed by atoms with van der Waals surface area (Å²) in [5, 5.41) is 0. The standard InChI is InChI=1S/C14H23NO3/c1-11-2-4-13(5-3-11)18-10-14(17)15-8-6-12(16)7-9-15/h11,13H,2-10H2,1H3. The number of hydrogen-bond donors (Lipinski definition) is 0. The zero-order valence-corrected chi connectivity index (χ0v) is 11.2. The van der Waals surface area contributed by atoms with Crippen molar-refractivity contribution in [1.82, 2.24) is 4.90 Å². The second kappa shape index (κ2) is 6.32. The number of likely N-dealkylation sites (tertiary alicyclic amines) is 1. The summed E-state index contributed by atoms with van der Waals surface area (Å²) in [6, 6.07) is 0. The number of nitrogens with zero attached hydrogens (tertiary/aromatic N) is 1. The lowest BCUT2D eigenvalue weighted by Gasteiger charge is -2.29. The largest absolute Gasteiger partial charge is 0.368 e. The number of Topliss-reactive ketones (excluding diaryl/α,β-unsaturated/α-hetero) is 1. The van der Waals surface area contributed by atoms with Crippen molar-refractivity contribution in [1.29, 1.82) is 0 Å². The molecule has 2 fully saturated rings. The average Bonchev–Trinajstić information content (AvgIpc) is 2.38. The summed E-state index contributed by atoms with van der Waals surface area (Å²) < 4.78 is 5.70. The monoisotopic (exact) mass is 253 g/mol. The second-order valence-electron chi connectivity index (χ2n) is 5.61. The van der Waals surface area contributed by atoms with Crippen LogP contribution in [-0.2, 0) is 14.3 Å². The van der Waals surface area contributed by atoms with Gasteiger partial charge in [-0.25, -0.2) is 0 Å². The van der Waals surface area contributed by atoms with Gasteiger partial charge in [0.1, 0.15) is 12.4 Å². The normalized spacial score (nSPS) is 29.4. The zero-order valence-electron chi connectivity index (χ0n) is 11.2. The number of carbonyl (C=O) groups is 2. The molecule has 1 saturated heterocycles. The third kappa shape index (κ3) is 3.80. The Balaban J connectivity index is 1.67. The van der Waals surface area contributed by atoms with Crippen molar-refractivity contribution >= 4 is 11.7 Å². The first-order valence-electron chi connectivity index (χ1n) is 7.06. The molecule has 4 nitrogen and oxygen atoms in total. The van der Waals surface area contributed by atoms with E-state index in [4.69, 9.17) is 4.74 Å². The van der Waals surface area contributed by atoms with E-state index in [9.17, 15) is 9.59 Å². The molecule has 1 aliphatic carbocycles. The van der Waals surface area contributed by atoms with Gasteiger partial charge in [0.2, 0.25) is 5.91 Å². The second-order valence-corrected chi connectivity index (χ2v) is 5.61. The summed E-state index contributed by atoms with van der Waals surface area (Å²) in [4.78, 5) is 24.8. The number of piperidine rings is 1. The Hall–Kier alpha value is -0.900. The number of ether oxygens (including phenoxy) is 1. The van der Waals surface area contributed by atoms with Gasteiger partial charge in [0.05, 0.1) is 6.10 Å². The van der Waals surface area contributed by atoms with Gasteiger partial charge in [-0.05, 0) is 31.6 Å². The van der Waals surface area contributed by atoms with E-state index >= 15 is 0 Å². The van der Waals surface area contributed by atoms with Crippen molar-refractivity contribution in [2.24, 2.45) is 5.92 Å². The minimum atomic E-state index is 0.0427. The van der Waals surface area contributed by atoms with Crippen LogP contribution in [0.1, 0.15) is 45.4 Å². The third-order valence-corrected chi connectivity index (χ3v) is 4.08. The summed E-state index contributed by atoms with van der Waals surface area (Å²) in [5.41, 5.74) is 0. The van der Waals surface area contributed by atoms with E-state index in [1.165, 1.54) is 12.8 Å². The van der Waals surface area contributed by atoms with Gasteiger partial charge in [-0.15, -0.1) is 0 Å². The highest BCUT2D eigenvalue weighted by Gasteiger charge is 2.23. The molecule has 0 atom stereocenters. The first-order valence-corrected chi connectivity index (χ1v) is 7.06. The minimum absolute atomic E-state index is 0.0427. The molecule has 1 heterocycles. The smallest absolute Gasteiger partial charge is 0.248 e. The first-order chi connectivity index (χ1) is 8.65. The van der Waals surface area contributed by atoms with Gasteiger partial charge in [-0.1, -0.05) is 6.92 Å². The van der Waals surface area contributed by atoms with Crippen LogP contribution in [0, 0.1) is 5.92 Å². The predicted molar refractivity (Wildman–Crippen MR) is 68.2 cm³/mol. The molecule has 4 heteroatoms. The van der Waals surface area contributed by atoms with Crippen LogP contribution in [-0.4, -0.2) is 42.4 Å². The molecular weight excluding hydrogens is 230 g/mol. The van der Waals surface area contributed by atoms with Gasteiger partial charge in [0.15, 0.2) is 0 Å². The molecule has 18 heavy (non-hydrogen) atoms. The van der Waals surface area contributed by atoms with Gasteiger partial charge >= 0.3 is 0 Å². The highest BCUT2D eigenvalue weighted by Crippen LogP contribution is 2.25. The van der Waals surface area contributed by atoms with Crippen LogP contribution in [0.25, 0.3) is 0 Å². The Morgan fingerprint density at radius 3 is 2.44 bits per heavy atom. The molecule has 0 aromatic heterocycles. The lowest BCUT2D eigenvalue weighted by Crippen LogP contribution is -2.41. The molecule has 1 aliphatic heterocycles. The van der Waals surface area contributed by atoms with Crippen LogP contribution >= 0.6 is 0 Å². The maximum absolute atomic E-state index is 11.9. The fourth-order valence-corrected chi connectivity index (χ4v) is 2.68. The van der Waals surface area contributed by atoms with Crippen LogP contribution in [0.4, 0.5) is 0 Å². The Morgan fingerprint density at radius 2 is 1.83 bits per heavy atom. The van der Waals surface area contributed by atoms with E-state index in [2.05, 4.69) is 6.92 Å². The highest BCUT2D eigenvalue weighted by molar-refractivity contribution is 5.83. The van der Waals surface area contributed by atoms with Crippen molar-refractivity contribution in [2.45, 2.75) is 51.6 Å². The Morgan fingerprint density at radius 1 is 1.22 bits per heavy atom. The fraction of sp³-hybridized carbons (Fsp3) is 0.857. The average molecular weight is 253 g/mol. The summed E-state index contributed by atoms with van der Waals surface area (Å²) in [5.74, 6) is 1.11. The number of rotatable bonds is 3. The van der Waals surface area contributed by atoms with E-state index in [1.807, 2.05) is 0 Å². The van der Waals surface area contributed by atoms with Crippen LogP contribution in [0.2, 0.25) is 0 Å². The quantitative estimate of drug-likeness (QED) is 0.770. The molecule has 0 bridgehead atoms. The van der Waals surface area contributed by atoms with E-state index in [1.54, 1.807) is 4.90 Å². The van der Waals surface area contributed by atoms with Gasteiger partial charge < -0.3 is 9.64 Å². The van der Waals surface area contributed by atoms with Crippen LogP contribution in [0.15, 0.2) is 0 Å². The molecule has 2 rings (SSSR count). The van der Waals surface area contributed by atoms with E-state index in [0.29, 0.717) is 25.9 Å². The van der Waals surface area contributed by atoms with E-state index in [0.717, 1.165) is 18.8 Å². The van der Waals surface area contributed by atoms with Crippen molar-refractivity contribution < 1.29 is 14.3 Å². The van der Waals surface area contributed by atoms with Crippen molar-refractivity contribution in [3.63, 3.8) is 0 Å².